The van der Waals surface area contributed by atoms with E-state index in [4.69, 9.17) is 11.6 Å². The van der Waals surface area contributed by atoms with Gasteiger partial charge in [-0.2, -0.15) is 13.2 Å². The summed E-state index contributed by atoms with van der Waals surface area (Å²) in [6, 6.07) is 3.61. The number of nitrogens with zero attached hydrogens (tertiary/aromatic N) is 7. The van der Waals surface area contributed by atoms with E-state index in [0.717, 1.165) is 31.3 Å². The highest BCUT2D eigenvalue weighted by molar-refractivity contribution is 6.30. The minimum atomic E-state index is -4.37. The molecular formula is C23H24ClF4N7. The first-order valence-electron chi connectivity index (χ1n) is 11.4. The molecule has 0 N–H and O–H groups in total. The molecule has 7 nitrogen and oxygen atoms in total. The van der Waals surface area contributed by atoms with Crippen molar-refractivity contribution in [2.75, 3.05) is 18.0 Å². The Morgan fingerprint density at radius 2 is 1.86 bits per heavy atom. The number of hydrogen-bond donors (Lipinski definition) is 0. The van der Waals surface area contributed by atoms with Crippen molar-refractivity contribution in [2.24, 2.45) is 0 Å². The van der Waals surface area contributed by atoms with Crippen LogP contribution in [0.4, 0.5) is 23.5 Å². The standard InChI is InChI=1S/C23H24ClF4N7/c1-13-18(25)10-29-22(30-13)33-7-5-15(6-8-33)21-32-31-20-12-34(14(2)23(26,27)28)11-16-9-17(24)3-4-19(16)35(20)21/h3-4,9-10,14-15H,5-8,11-12H2,1-2H3. The van der Waals surface area contributed by atoms with E-state index < -0.39 is 18.0 Å². The normalized spacial score (nSPS) is 18.2. The Labute approximate surface area is 204 Å². The van der Waals surface area contributed by atoms with Crippen LogP contribution in [0.5, 0.6) is 0 Å². The SMILES string of the molecule is Cc1nc(N2CCC(c3nnc4n3-c3ccc(Cl)cc3CN(C(C)C(F)(F)F)C4)CC2)ncc1F. The molecule has 3 aromatic rings. The Bertz CT molecular complexity index is 1240. The van der Waals surface area contributed by atoms with Crippen LogP contribution in [0.25, 0.3) is 5.69 Å². The predicted octanol–water partition coefficient (Wildman–Crippen LogP) is 4.81. The van der Waals surface area contributed by atoms with Crippen molar-refractivity contribution in [2.45, 2.75) is 57.9 Å². The first kappa shape index (κ1) is 23.9. The molecule has 0 aliphatic carbocycles. The van der Waals surface area contributed by atoms with Crippen molar-refractivity contribution < 1.29 is 17.6 Å². The zero-order valence-corrected chi connectivity index (χ0v) is 20.0. The highest BCUT2D eigenvalue weighted by atomic mass is 35.5. The molecule has 0 spiro atoms. The van der Waals surface area contributed by atoms with Crippen LogP contribution in [-0.4, -0.2) is 54.9 Å². The highest BCUT2D eigenvalue weighted by Gasteiger charge is 2.42. The highest BCUT2D eigenvalue weighted by Crippen LogP contribution is 2.36. The molecule has 2 aliphatic heterocycles. The van der Waals surface area contributed by atoms with Crippen molar-refractivity contribution in [3.05, 3.63) is 58.1 Å². The number of hydrogen-bond acceptors (Lipinski definition) is 6. The number of aryl methyl sites for hydroxylation is 1. The van der Waals surface area contributed by atoms with Crippen LogP contribution in [-0.2, 0) is 13.1 Å². The minimum absolute atomic E-state index is 0.0154. The molecule has 1 fully saturated rings. The molecule has 1 aromatic carbocycles. The van der Waals surface area contributed by atoms with E-state index in [-0.39, 0.29) is 19.0 Å². The lowest BCUT2D eigenvalue weighted by atomic mass is 9.95. The van der Waals surface area contributed by atoms with Crippen molar-refractivity contribution in [3.8, 4) is 5.69 Å². The summed E-state index contributed by atoms with van der Waals surface area (Å²) >= 11 is 6.21. The van der Waals surface area contributed by atoms with E-state index in [1.165, 1.54) is 11.1 Å². The molecule has 186 valence electrons. The van der Waals surface area contributed by atoms with E-state index in [2.05, 4.69) is 20.2 Å². The fourth-order valence-electron chi connectivity index (χ4n) is 4.73. The number of piperidine rings is 1. The second kappa shape index (κ2) is 9.02. The lowest BCUT2D eigenvalue weighted by Crippen LogP contribution is -2.42. The van der Waals surface area contributed by atoms with Crippen molar-refractivity contribution in [1.82, 2.24) is 29.6 Å². The Kier molecular flexibility index (Phi) is 6.16. The summed E-state index contributed by atoms with van der Waals surface area (Å²) in [7, 11) is 0. The quantitative estimate of drug-likeness (QED) is 0.472. The summed E-state index contributed by atoms with van der Waals surface area (Å²) < 4.78 is 56.2. The molecule has 2 aromatic heterocycles. The van der Waals surface area contributed by atoms with Crippen molar-refractivity contribution in [3.63, 3.8) is 0 Å². The number of benzene rings is 1. The van der Waals surface area contributed by atoms with Gasteiger partial charge >= 0.3 is 6.18 Å². The molecule has 1 atom stereocenters. The van der Waals surface area contributed by atoms with Gasteiger partial charge in [0.05, 0.1) is 24.1 Å². The second-order valence-corrected chi connectivity index (χ2v) is 9.51. The fourth-order valence-corrected chi connectivity index (χ4v) is 4.92. The number of halogens is 5. The van der Waals surface area contributed by atoms with Gasteiger partial charge in [0, 0.05) is 30.6 Å². The molecule has 0 bridgehead atoms. The predicted molar refractivity (Wildman–Crippen MR) is 122 cm³/mol. The lowest BCUT2D eigenvalue weighted by Gasteiger charge is -2.31. The number of aromatic nitrogens is 5. The number of rotatable bonds is 3. The van der Waals surface area contributed by atoms with Gasteiger partial charge in [-0.25, -0.2) is 14.4 Å². The molecule has 0 saturated carbocycles. The molecule has 0 radical (unpaired) electrons. The van der Waals surface area contributed by atoms with E-state index in [1.54, 1.807) is 19.1 Å². The van der Waals surface area contributed by atoms with Crippen LogP contribution in [0, 0.1) is 12.7 Å². The maximum Gasteiger partial charge on any atom is 0.403 e. The van der Waals surface area contributed by atoms with Crippen LogP contribution in [0.2, 0.25) is 5.02 Å². The van der Waals surface area contributed by atoms with Gasteiger partial charge in [-0.05, 0) is 50.5 Å². The average Bonchev–Trinajstić information content (AvgIpc) is 3.15. The zero-order valence-electron chi connectivity index (χ0n) is 19.2. The lowest BCUT2D eigenvalue weighted by molar-refractivity contribution is -0.182. The smallest absolute Gasteiger partial charge is 0.341 e. The van der Waals surface area contributed by atoms with Gasteiger partial charge < -0.3 is 4.90 Å². The van der Waals surface area contributed by atoms with Gasteiger partial charge in [-0.3, -0.25) is 9.47 Å². The summed E-state index contributed by atoms with van der Waals surface area (Å²) in [6.07, 6.45) is -1.74. The maximum atomic E-state index is 13.6. The van der Waals surface area contributed by atoms with Gasteiger partial charge in [0.1, 0.15) is 11.9 Å². The number of alkyl halides is 3. The van der Waals surface area contributed by atoms with Crippen molar-refractivity contribution in [1.29, 1.82) is 0 Å². The first-order valence-corrected chi connectivity index (χ1v) is 11.8. The molecule has 5 rings (SSSR count). The van der Waals surface area contributed by atoms with Crippen LogP contribution in [0.15, 0.2) is 24.4 Å². The Balaban J connectivity index is 1.44. The molecule has 12 heteroatoms. The van der Waals surface area contributed by atoms with Gasteiger partial charge in [0.2, 0.25) is 5.95 Å². The third-order valence-corrected chi connectivity index (χ3v) is 7.06. The molecule has 4 heterocycles. The Morgan fingerprint density at radius 3 is 2.54 bits per heavy atom. The van der Waals surface area contributed by atoms with E-state index in [1.807, 2.05) is 15.5 Å². The summed E-state index contributed by atoms with van der Waals surface area (Å²) in [6.45, 7) is 4.16. The van der Waals surface area contributed by atoms with Gasteiger partial charge in [-0.1, -0.05) is 11.6 Å². The molecule has 1 unspecified atom stereocenters. The van der Waals surface area contributed by atoms with E-state index in [0.29, 0.717) is 41.1 Å². The molecule has 35 heavy (non-hydrogen) atoms. The van der Waals surface area contributed by atoms with E-state index >= 15 is 0 Å². The molecular weight excluding hydrogens is 486 g/mol. The molecule has 0 amide bonds. The zero-order chi connectivity index (χ0) is 24.9. The Morgan fingerprint density at radius 1 is 1.11 bits per heavy atom. The monoisotopic (exact) mass is 509 g/mol. The van der Waals surface area contributed by atoms with Crippen LogP contribution >= 0.6 is 11.6 Å². The summed E-state index contributed by atoms with van der Waals surface area (Å²) in [4.78, 5) is 11.7. The van der Waals surface area contributed by atoms with Crippen LogP contribution in [0.3, 0.4) is 0 Å². The topological polar surface area (TPSA) is 63.0 Å². The van der Waals surface area contributed by atoms with Crippen LogP contribution in [0.1, 0.15) is 48.6 Å². The summed E-state index contributed by atoms with van der Waals surface area (Å²) in [5.41, 5.74) is 1.75. The molecule has 2 aliphatic rings. The number of fused-ring (bicyclic) bond motifs is 3. The van der Waals surface area contributed by atoms with Gasteiger partial charge in [0.25, 0.3) is 0 Å². The molecule has 1 saturated heterocycles. The average molecular weight is 510 g/mol. The summed E-state index contributed by atoms with van der Waals surface area (Å²) in [5.74, 6) is 1.28. The van der Waals surface area contributed by atoms with Gasteiger partial charge in [-0.15, -0.1) is 10.2 Å². The second-order valence-electron chi connectivity index (χ2n) is 9.07. The summed E-state index contributed by atoms with van der Waals surface area (Å²) in [5, 5.41) is 9.22. The fraction of sp³-hybridized carbons (Fsp3) is 0.478. The van der Waals surface area contributed by atoms with Crippen LogP contribution < -0.4 is 4.90 Å². The minimum Gasteiger partial charge on any atom is -0.341 e. The largest absolute Gasteiger partial charge is 0.403 e. The van der Waals surface area contributed by atoms with Gasteiger partial charge in [0.15, 0.2) is 11.6 Å². The number of anilines is 1. The third-order valence-electron chi connectivity index (χ3n) is 6.83. The first-order chi connectivity index (χ1) is 16.6. The Hall–Kier alpha value is -2.79. The third kappa shape index (κ3) is 4.58. The maximum absolute atomic E-state index is 13.6. The van der Waals surface area contributed by atoms with E-state index in [9.17, 15) is 17.6 Å². The van der Waals surface area contributed by atoms with Crippen molar-refractivity contribution >= 4 is 17.5 Å².